The maximum absolute atomic E-state index is 12.2. The van der Waals surface area contributed by atoms with Crippen LogP contribution < -0.4 is 10.6 Å². The lowest BCUT2D eigenvalue weighted by molar-refractivity contribution is -0.118. The Morgan fingerprint density at radius 1 is 1.55 bits per heavy atom. The first kappa shape index (κ1) is 13.1. The lowest BCUT2D eigenvalue weighted by Gasteiger charge is -2.15. The second kappa shape index (κ2) is 5.25. The first-order valence-electron chi connectivity index (χ1n) is 7.11. The molecule has 1 saturated heterocycles. The van der Waals surface area contributed by atoms with E-state index in [4.69, 9.17) is 4.42 Å². The number of benzene rings is 1. The molecule has 106 valence electrons. The van der Waals surface area contributed by atoms with Gasteiger partial charge in [-0.05, 0) is 37.1 Å². The third-order valence-electron chi connectivity index (χ3n) is 3.82. The van der Waals surface area contributed by atoms with Crippen LogP contribution in [-0.2, 0) is 11.2 Å². The predicted molar refractivity (Wildman–Crippen MR) is 77.6 cm³/mol. The van der Waals surface area contributed by atoms with E-state index in [9.17, 15) is 4.79 Å². The molecule has 5 nitrogen and oxygen atoms in total. The van der Waals surface area contributed by atoms with Crippen molar-refractivity contribution >= 4 is 22.7 Å². The van der Waals surface area contributed by atoms with Gasteiger partial charge in [0.2, 0.25) is 5.91 Å². The summed E-state index contributed by atoms with van der Waals surface area (Å²) in [5.41, 5.74) is 2.30. The zero-order valence-corrected chi connectivity index (χ0v) is 11.8. The molecule has 1 amide bonds. The summed E-state index contributed by atoms with van der Waals surface area (Å²) >= 11 is 0. The van der Waals surface area contributed by atoms with Gasteiger partial charge in [0.1, 0.15) is 5.52 Å². The van der Waals surface area contributed by atoms with Gasteiger partial charge in [0.25, 0.3) is 0 Å². The number of anilines is 1. The van der Waals surface area contributed by atoms with Crippen LogP contribution in [0.4, 0.5) is 5.69 Å². The Morgan fingerprint density at radius 3 is 3.10 bits per heavy atom. The number of nitrogens with zero attached hydrogens (tertiary/aromatic N) is 1. The fraction of sp³-hybridized carbons (Fsp3) is 0.467. The SMILES string of the molecule is CCc1nc2cc(NC(=O)C3NCCC3C)ccc2o1. The minimum atomic E-state index is -0.103. The number of aromatic nitrogens is 1. The highest BCUT2D eigenvalue weighted by molar-refractivity contribution is 5.96. The molecule has 0 bridgehead atoms. The molecular weight excluding hydrogens is 254 g/mol. The van der Waals surface area contributed by atoms with E-state index in [2.05, 4.69) is 22.5 Å². The average molecular weight is 273 g/mol. The van der Waals surface area contributed by atoms with Crippen molar-refractivity contribution < 1.29 is 9.21 Å². The van der Waals surface area contributed by atoms with E-state index in [1.54, 1.807) is 0 Å². The fourth-order valence-electron chi connectivity index (χ4n) is 2.61. The van der Waals surface area contributed by atoms with E-state index in [0.29, 0.717) is 5.92 Å². The van der Waals surface area contributed by atoms with Gasteiger partial charge in [-0.1, -0.05) is 13.8 Å². The molecular formula is C15H19N3O2. The molecule has 2 unspecified atom stereocenters. The summed E-state index contributed by atoms with van der Waals surface area (Å²) in [5.74, 6) is 1.11. The standard InChI is InChI=1S/C15H19N3O2/c1-3-13-18-11-8-10(4-5-12(11)20-13)17-15(19)14-9(2)6-7-16-14/h4-5,8-9,14,16H,3,6-7H2,1-2H3,(H,17,19). The highest BCUT2D eigenvalue weighted by Gasteiger charge is 2.29. The van der Waals surface area contributed by atoms with Gasteiger partial charge in [-0.3, -0.25) is 4.79 Å². The van der Waals surface area contributed by atoms with Crippen molar-refractivity contribution in [3.8, 4) is 0 Å². The number of aryl methyl sites for hydroxylation is 1. The van der Waals surface area contributed by atoms with Crippen LogP contribution in [0.15, 0.2) is 22.6 Å². The Hall–Kier alpha value is -1.88. The molecule has 2 atom stereocenters. The summed E-state index contributed by atoms with van der Waals surface area (Å²) in [4.78, 5) is 16.6. The number of oxazole rings is 1. The number of rotatable bonds is 3. The number of fused-ring (bicyclic) bond motifs is 1. The number of carbonyl (C=O) groups excluding carboxylic acids is 1. The second-order valence-corrected chi connectivity index (χ2v) is 5.33. The number of nitrogens with one attached hydrogen (secondary N) is 2. The van der Waals surface area contributed by atoms with Gasteiger partial charge in [0.05, 0.1) is 6.04 Å². The summed E-state index contributed by atoms with van der Waals surface area (Å²) in [6.07, 6.45) is 1.81. The normalized spacial score (nSPS) is 22.3. The van der Waals surface area contributed by atoms with E-state index >= 15 is 0 Å². The van der Waals surface area contributed by atoms with Crippen LogP contribution in [0.1, 0.15) is 26.2 Å². The molecule has 1 aliphatic heterocycles. The maximum atomic E-state index is 12.2. The highest BCUT2D eigenvalue weighted by atomic mass is 16.3. The van der Waals surface area contributed by atoms with E-state index in [0.717, 1.165) is 42.1 Å². The highest BCUT2D eigenvalue weighted by Crippen LogP contribution is 2.21. The van der Waals surface area contributed by atoms with E-state index in [1.165, 1.54) is 0 Å². The van der Waals surface area contributed by atoms with Crippen molar-refractivity contribution in [2.75, 3.05) is 11.9 Å². The molecule has 2 heterocycles. The van der Waals surface area contributed by atoms with Crippen molar-refractivity contribution in [1.29, 1.82) is 0 Å². The summed E-state index contributed by atoms with van der Waals surface area (Å²) < 4.78 is 5.56. The second-order valence-electron chi connectivity index (χ2n) is 5.33. The van der Waals surface area contributed by atoms with Gasteiger partial charge in [-0.15, -0.1) is 0 Å². The molecule has 2 aromatic rings. The van der Waals surface area contributed by atoms with Gasteiger partial charge in [-0.25, -0.2) is 4.98 Å². The lowest BCUT2D eigenvalue weighted by Crippen LogP contribution is -2.39. The van der Waals surface area contributed by atoms with Crippen molar-refractivity contribution in [2.24, 2.45) is 5.92 Å². The van der Waals surface area contributed by atoms with Crippen LogP contribution in [-0.4, -0.2) is 23.5 Å². The summed E-state index contributed by atoms with van der Waals surface area (Å²) in [7, 11) is 0. The molecule has 0 aliphatic carbocycles. The number of carbonyl (C=O) groups is 1. The Bertz CT molecular complexity index is 635. The van der Waals surface area contributed by atoms with Crippen molar-refractivity contribution in [3.05, 3.63) is 24.1 Å². The van der Waals surface area contributed by atoms with Crippen LogP contribution in [0.3, 0.4) is 0 Å². The fourth-order valence-corrected chi connectivity index (χ4v) is 2.61. The summed E-state index contributed by atoms with van der Waals surface area (Å²) in [6.45, 7) is 5.00. The monoisotopic (exact) mass is 273 g/mol. The molecule has 1 aromatic carbocycles. The lowest BCUT2D eigenvalue weighted by atomic mass is 10.0. The van der Waals surface area contributed by atoms with E-state index in [-0.39, 0.29) is 11.9 Å². The Morgan fingerprint density at radius 2 is 2.40 bits per heavy atom. The molecule has 0 spiro atoms. The van der Waals surface area contributed by atoms with Crippen molar-refractivity contribution in [3.63, 3.8) is 0 Å². The quantitative estimate of drug-likeness (QED) is 0.900. The number of hydrogen-bond donors (Lipinski definition) is 2. The minimum Gasteiger partial charge on any atom is -0.441 e. The Labute approximate surface area is 117 Å². The molecule has 3 rings (SSSR count). The van der Waals surface area contributed by atoms with Gasteiger partial charge >= 0.3 is 0 Å². The van der Waals surface area contributed by atoms with Gasteiger partial charge in [0.15, 0.2) is 11.5 Å². The van der Waals surface area contributed by atoms with Crippen LogP contribution >= 0.6 is 0 Å². The number of amides is 1. The van der Waals surface area contributed by atoms with Gasteiger partial charge in [-0.2, -0.15) is 0 Å². The average Bonchev–Trinajstić information content (AvgIpc) is 3.03. The first-order chi connectivity index (χ1) is 9.67. The van der Waals surface area contributed by atoms with Crippen LogP contribution in [0.25, 0.3) is 11.1 Å². The zero-order valence-electron chi connectivity index (χ0n) is 11.8. The minimum absolute atomic E-state index is 0.0218. The smallest absolute Gasteiger partial charge is 0.241 e. The van der Waals surface area contributed by atoms with Crippen LogP contribution in [0.5, 0.6) is 0 Å². The predicted octanol–water partition coefficient (Wildman–Crippen LogP) is 2.33. The molecule has 1 aliphatic rings. The molecule has 20 heavy (non-hydrogen) atoms. The maximum Gasteiger partial charge on any atom is 0.241 e. The van der Waals surface area contributed by atoms with Crippen LogP contribution in [0, 0.1) is 5.92 Å². The van der Waals surface area contributed by atoms with Crippen LogP contribution in [0.2, 0.25) is 0 Å². The molecule has 5 heteroatoms. The third kappa shape index (κ3) is 2.41. The van der Waals surface area contributed by atoms with E-state index in [1.807, 2.05) is 25.1 Å². The van der Waals surface area contributed by atoms with E-state index < -0.39 is 0 Å². The topological polar surface area (TPSA) is 67.2 Å². The summed E-state index contributed by atoms with van der Waals surface area (Å²) in [5, 5.41) is 6.18. The van der Waals surface area contributed by atoms with Gasteiger partial charge in [0, 0.05) is 12.1 Å². The Balaban J connectivity index is 1.78. The third-order valence-corrected chi connectivity index (χ3v) is 3.82. The van der Waals surface area contributed by atoms with Crippen molar-refractivity contribution in [1.82, 2.24) is 10.3 Å². The van der Waals surface area contributed by atoms with Gasteiger partial charge < -0.3 is 15.1 Å². The molecule has 1 fully saturated rings. The summed E-state index contributed by atoms with van der Waals surface area (Å²) in [6, 6.07) is 5.46. The first-order valence-corrected chi connectivity index (χ1v) is 7.11. The van der Waals surface area contributed by atoms with Crippen molar-refractivity contribution in [2.45, 2.75) is 32.7 Å². The Kier molecular flexibility index (Phi) is 3.44. The molecule has 0 radical (unpaired) electrons. The largest absolute Gasteiger partial charge is 0.441 e. The number of hydrogen-bond acceptors (Lipinski definition) is 4. The molecule has 0 saturated carbocycles. The zero-order chi connectivity index (χ0) is 14.1. The molecule has 2 N–H and O–H groups in total. The molecule has 1 aromatic heterocycles.